The first-order valence-corrected chi connectivity index (χ1v) is 6.33. The number of quaternary nitrogens is 1. The van der Waals surface area contributed by atoms with Crippen molar-refractivity contribution in [3.63, 3.8) is 0 Å². The number of rotatable bonds is 3. The van der Waals surface area contributed by atoms with E-state index in [4.69, 9.17) is 10.1 Å². The Morgan fingerprint density at radius 3 is 2.43 bits per heavy atom. The highest BCUT2D eigenvalue weighted by Gasteiger charge is 2.11. The molecule has 0 amide bonds. The van der Waals surface area contributed by atoms with Crippen LogP contribution in [0.3, 0.4) is 0 Å². The third-order valence-electron chi connectivity index (χ3n) is 2.95. The molecule has 0 saturated carbocycles. The minimum Gasteiger partial charge on any atom is -0.579 e. The molecule has 2 rings (SSSR count). The Morgan fingerprint density at radius 1 is 1.14 bits per heavy atom. The molecule has 1 aliphatic rings. The number of hydrogen-bond acceptors (Lipinski definition) is 3. The number of ether oxygens (including phenoxy) is 1. The summed E-state index contributed by atoms with van der Waals surface area (Å²) in [7, 11) is 6.13. The molecular weight excluding hydrogens is 379 g/mol. The van der Waals surface area contributed by atoms with Crippen molar-refractivity contribution in [3.8, 4) is 5.75 Å². The van der Waals surface area contributed by atoms with Crippen LogP contribution in [0.4, 0.5) is 5.69 Å². The maximum Gasteiger partial charge on any atom is 0.133 e. The Bertz CT molecular complexity index is 625. The van der Waals surface area contributed by atoms with Gasteiger partial charge in [0.1, 0.15) is 5.69 Å². The first-order valence-electron chi connectivity index (χ1n) is 6.33. The van der Waals surface area contributed by atoms with Crippen LogP contribution in [-0.4, -0.2) is 26.9 Å². The highest BCUT2D eigenvalue weighted by Crippen LogP contribution is 2.24. The number of benzene rings is 1. The largest absolute Gasteiger partial charge is 0.579 e. The molecule has 1 aromatic carbocycles. The normalized spacial score (nSPS) is 16.4. The quantitative estimate of drug-likeness (QED) is 0.484. The van der Waals surface area contributed by atoms with Gasteiger partial charge in [-0.05, 0) is 18.2 Å². The summed E-state index contributed by atoms with van der Waals surface area (Å²) < 4.78 is 5.99. The molecule has 0 saturated heterocycles. The van der Waals surface area contributed by atoms with Gasteiger partial charge in [0.05, 0.1) is 32.8 Å². The summed E-state index contributed by atoms with van der Waals surface area (Å²) in [5.74, 6) is -0.0158. The van der Waals surface area contributed by atoms with Crippen LogP contribution in [0.25, 0.3) is 0 Å². The number of nitrogens with zero attached hydrogens (tertiary/aromatic N) is 1. The Morgan fingerprint density at radius 2 is 1.81 bits per heavy atom. The molecule has 4 nitrogen and oxygen atoms in total. The summed E-state index contributed by atoms with van der Waals surface area (Å²) in [5, 5.41) is 19.8. The van der Waals surface area contributed by atoms with Crippen LogP contribution in [0, 0.1) is 5.41 Å². The SMILES string of the molecule is C[N+](C)(C)c1cccc(OC([O-])=C2C=CC=CC2=N)c1.I. The molecule has 0 heterocycles. The van der Waals surface area contributed by atoms with Gasteiger partial charge in [0.15, 0.2) is 0 Å². The molecule has 1 aliphatic carbocycles. The van der Waals surface area contributed by atoms with Crippen LogP contribution in [0.5, 0.6) is 5.75 Å². The molecule has 0 unspecified atom stereocenters. The Hall–Kier alpha value is -1.60. The van der Waals surface area contributed by atoms with Crippen molar-refractivity contribution in [1.29, 1.82) is 5.41 Å². The molecule has 5 heteroatoms. The van der Waals surface area contributed by atoms with Gasteiger partial charge in [-0.3, -0.25) is 4.48 Å². The first kappa shape index (κ1) is 17.5. The van der Waals surface area contributed by atoms with Crippen molar-refractivity contribution < 1.29 is 9.84 Å². The van der Waals surface area contributed by atoms with Crippen molar-refractivity contribution in [3.05, 3.63) is 60.1 Å². The summed E-state index contributed by atoms with van der Waals surface area (Å²) in [6, 6.07) is 7.41. The van der Waals surface area contributed by atoms with Gasteiger partial charge in [-0.1, -0.05) is 24.3 Å². The lowest BCUT2D eigenvalue weighted by atomic mass is 10.1. The first-order chi connectivity index (χ1) is 9.38. The minimum absolute atomic E-state index is 0. The van der Waals surface area contributed by atoms with E-state index in [1.165, 1.54) is 0 Å². The van der Waals surface area contributed by atoms with E-state index in [1.807, 2.05) is 39.3 Å². The van der Waals surface area contributed by atoms with E-state index in [0.717, 1.165) is 5.69 Å². The predicted molar refractivity (Wildman–Crippen MR) is 95.1 cm³/mol. The standard InChI is InChI=1S/C16H18N2O2.HI/c1-18(2,3)12-7-6-8-13(11-12)20-16(19)14-9-4-5-10-15(14)17;/h4-11H,1-3H3,(H-,17,19);1H. The van der Waals surface area contributed by atoms with Crippen molar-refractivity contribution in [1.82, 2.24) is 4.48 Å². The van der Waals surface area contributed by atoms with Gasteiger partial charge in [0.2, 0.25) is 0 Å². The van der Waals surface area contributed by atoms with E-state index in [2.05, 4.69) is 0 Å². The van der Waals surface area contributed by atoms with E-state index >= 15 is 0 Å². The lowest BCUT2D eigenvalue weighted by Crippen LogP contribution is -2.34. The highest BCUT2D eigenvalue weighted by atomic mass is 127. The van der Waals surface area contributed by atoms with Crippen molar-refractivity contribution in [2.24, 2.45) is 0 Å². The molecule has 0 bridgehead atoms. The number of halogens is 1. The third kappa shape index (κ3) is 4.44. The monoisotopic (exact) mass is 398 g/mol. The maximum absolute atomic E-state index is 12.0. The molecular formula is C16H19IN2O2. The molecule has 112 valence electrons. The van der Waals surface area contributed by atoms with Gasteiger partial charge in [0, 0.05) is 17.4 Å². The summed E-state index contributed by atoms with van der Waals surface area (Å²) in [5.41, 5.74) is 1.47. The topological polar surface area (TPSA) is 56.1 Å². The van der Waals surface area contributed by atoms with Gasteiger partial charge < -0.3 is 15.3 Å². The molecule has 0 aliphatic heterocycles. The lowest BCUT2D eigenvalue weighted by molar-refractivity contribution is -0.342. The summed E-state index contributed by atoms with van der Waals surface area (Å²) in [6.45, 7) is 0. The maximum atomic E-state index is 12.0. The minimum atomic E-state index is -0.505. The third-order valence-corrected chi connectivity index (χ3v) is 2.95. The molecule has 0 fully saturated rings. The molecule has 0 radical (unpaired) electrons. The zero-order valence-electron chi connectivity index (χ0n) is 12.3. The Kier molecular flexibility index (Phi) is 5.74. The fourth-order valence-corrected chi connectivity index (χ4v) is 1.79. The van der Waals surface area contributed by atoms with Crippen molar-refractivity contribution in [2.75, 3.05) is 21.1 Å². The van der Waals surface area contributed by atoms with Crippen molar-refractivity contribution in [2.45, 2.75) is 0 Å². The second-order valence-corrected chi connectivity index (χ2v) is 5.44. The average molecular weight is 398 g/mol. The fraction of sp³-hybridized carbons (Fsp3) is 0.188. The van der Waals surface area contributed by atoms with E-state index < -0.39 is 5.95 Å². The van der Waals surface area contributed by atoms with E-state index in [-0.39, 0.29) is 35.3 Å². The molecule has 0 spiro atoms. The van der Waals surface area contributed by atoms with Crippen LogP contribution in [0.1, 0.15) is 0 Å². The molecule has 1 aromatic rings. The zero-order chi connectivity index (χ0) is 14.8. The van der Waals surface area contributed by atoms with Gasteiger partial charge in [-0.2, -0.15) is 0 Å². The molecule has 0 aromatic heterocycles. The number of nitrogens with one attached hydrogen (secondary N) is 1. The van der Waals surface area contributed by atoms with Crippen molar-refractivity contribution >= 4 is 35.4 Å². The smallest absolute Gasteiger partial charge is 0.133 e. The highest BCUT2D eigenvalue weighted by molar-refractivity contribution is 14.0. The average Bonchev–Trinajstić information content (AvgIpc) is 2.38. The molecule has 1 N–H and O–H groups in total. The Balaban J connectivity index is 0.00000220. The van der Waals surface area contributed by atoms with Crippen LogP contribution >= 0.6 is 24.0 Å². The van der Waals surface area contributed by atoms with E-state index in [1.54, 1.807) is 30.4 Å². The van der Waals surface area contributed by atoms with Crippen LogP contribution in [0.2, 0.25) is 0 Å². The lowest BCUT2D eigenvalue weighted by Gasteiger charge is -2.25. The van der Waals surface area contributed by atoms with Gasteiger partial charge >= 0.3 is 0 Å². The second kappa shape index (κ2) is 6.91. The van der Waals surface area contributed by atoms with E-state index in [9.17, 15) is 5.11 Å². The van der Waals surface area contributed by atoms with Gasteiger partial charge in [-0.25, -0.2) is 0 Å². The summed E-state index contributed by atoms with van der Waals surface area (Å²) >= 11 is 0. The van der Waals surface area contributed by atoms with E-state index in [0.29, 0.717) is 10.2 Å². The van der Waals surface area contributed by atoms with Crippen LogP contribution in [-0.2, 0) is 0 Å². The molecule has 21 heavy (non-hydrogen) atoms. The number of hydrogen-bond donors (Lipinski definition) is 1. The van der Waals surface area contributed by atoms with Gasteiger partial charge in [-0.15, -0.1) is 24.0 Å². The Labute approximate surface area is 142 Å². The number of allylic oxidation sites excluding steroid dienone is 5. The van der Waals surface area contributed by atoms with Gasteiger partial charge in [0.25, 0.3) is 0 Å². The summed E-state index contributed by atoms with van der Waals surface area (Å²) in [4.78, 5) is 0. The predicted octanol–water partition coefficient (Wildman–Crippen LogP) is 2.60. The molecule has 0 atom stereocenters. The summed E-state index contributed by atoms with van der Waals surface area (Å²) in [6.07, 6.45) is 6.60. The fourth-order valence-electron chi connectivity index (χ4n) is 1.79. The second-order valence-electron chi connectivity index (χ2n) is 5.44. The zero-order valence-corrected chi connectivity index (χ0v) is 14.6. The van der Waals surface area contributed by atoms with Crippen LogP contribution in [0.15, 0.2) is 60.1 Å². The van der Waals surface area contributed by atoms with Crippen LogP contribution < -0.4 is 14.3 Å².